The Kier molecular flexibility index (Phi) is 3.12. The Morgan fingerprint density at radius 2 is 2.06 bits per heavy atom. The third-order valence-corrected chi connectivity index (χ3v) is 3.85. The van der Waals surface area contributed by atoms with Gasteiger partial charge >= 0.3 is 0 Å². The molecule has 0 aliphatic carbocycles. The molecule has 0 saturated carbocycles. The highest BCUT2D eigenvalue weighted by Gasteiger charge is 2.11. The first-order chi connectivity index (χ1) is 8.74. The quantitative estimate of drug-likeness (QED) is 0.634. The summed E-state index contributed by atoms with van der Waals surface area (Å²) in [6.45, 7) is 0. The first kappa shape index (κ1) is 11.8. The molecule has 18 heavy (non-hydrogen) atoms. The molecule has 3 rings (SSSR count). The first-order valence-electron chi connectivity index (χ1n) is 5.19. The number of hydrogen-bond acceptors (Lipinski definition) is 3. The molecule has 0 amide bonds. The number of halogens is 2. The predicted octanol–water partition coefficient (Wildman–Crippen LogP) is 5.38. The second kappa shape index (κ2) is 4.76. The van der Waals surface area contributed by atoms with Crippen LogP contribution in [0.25, 0.3) is 22.0 Å². The Hall–Kier alpha value is -1.29. The number of oxazole rings is 1. The zero-order valence-electron chi connectivity index (χ0n) is 9.06. The smallest absolute Gasteiger partial charge is 0.236 e. The summed E-state index contributed by atoms with van der Waals surface area (Å²) in [5.74, 6) is 0.603. The average Bonchev–Trinajstić information content (AvgIpc) is 2.99. The normalized spacial score (nSPS) is 10.8. The minimum Gasteiger partial charge on any atom is -0.443 e. The Morgan fingerprint density at radius 1 is 1.17 bits per heavy atom. The number of aromatic nitrogens is 1. The molecule has 0 bridgehead atoms. The molecule has 1 aromatic carbocycles. The molecule has 3 aromatic rings. The highest BCUT2D eigenvalue weighted by molar-refractivity contribution is 7.13. The molecule has 0 unspecified atom stereocenters. The van der Waals surface area contributed by atoms with Gasteiger partial charge in [-0.25, -0.2) is 4.98 Å². The molecule has 0 aliphatic rings. The zero-order valence-corrected chi connectivity index (χ0v) is 11.4. The van der Waals surface area contributed by atoms with E-state index in [0.717, 1.165) is 10.4 Å². The molecule has 5 heteroatoms. The fourth-order valence-electron chi connectivity index (χ4n) is 1.61. The lowest BCUT2D eigenvalue weighted by molar-refractivity contribution is 0.576. The summed E-state index contributed by atoms with van der Waals surface area (Å²) in [6.07, 6.45) is 1.60. The van der Waals surface area contributed by atoms with Crippen LogP contribution in [-0.2, 0) is 0 Å². The SMILES string of the molecule is Clc1ccc(-c2coc(-c3cccs3)n2)c(Cl)c1. The third kappa shape index (κ3) is 2.17. The van der Waals surface area contributed by atoms with E-state index in [-0.39, 0.29) is 0 Å². The van der Waals surface area contributed by atoms with Crippen LogP contribution in [0.3, 0.4) is 0 Å². The summed E-state index contributed by atoms with van der Waals surface area (Å²) >= 11 is 13.6. The maximum absolute atomic E-state index is 6.13. The molecular formula is C13H7Cl2NOS. The maximum atomic E-state index is 6.13. The van der Waals surface area contributed by atoms with Gasteiger partial charge in [-0.15, -0.1) is 11.3 Å². The lowest BCUT2D eigenvalue weighted by Gasteiger charge is -1.99. The summed E-state index contributed by atoms with van der Waals surface area (Å²) in [5, 5.41) is 3.15. The molecule has 0 aliphatic heterocycles. The van der Waals surface area contributed by atoms with Crippen molar-refractivity contribution in [2.75, 3.05) is 0 Å². The van der Waals surface area contributed by atoms with E-state index in [9.17, 15) is 0 Å². The first-order valence-corrected chi connectivity index (χ1v) is 6.82. The molecule has 0 radical (unpaired) electrons. The molecule has 2 heterocycles. The zero-order chi connectivity index (χ0) is 12.5. The van der Waals surface area contributed by atoms with Gasteiger partial charge in [-0.3, -0.25) is 0 Å². The second-order valence-electron chi connectivity index (χ2n) is 3.64. The third-order valence-electron chi connectivity index (χ3n) is 2.44. The van der Waals surface area contributed by atoms with Crippen molar-refractivity contribution in [2.45, 2.75) is 0 Å². The Balaban J connectivity index is 2.03. The van der Waals surface area contributed by atoms with Crippen LogP contribution in [0.2, 0.25) is 10.0 Å². The lowest BCUT2D eigenvalue weighted by Crippen LogP contribution is -1.80. The van der Waals surface area contributed by atoms with Crippen molar-refractivity contribution in [1.29, 1.82) is 0 Å². The van der Waals surface area contributed by atoms with E-state index < -0.39 is 0 Å². The minimum atomic E-state index is 0.563. The number of benzene rings is 1. The van der Waals surface area contributed by atoms with E-state index in [1.165, 1.54) is 0 Å². The van der Waals surface area contributed by atoms with Gasteiger partial charge in [0.25, 0.3) is 0 Å². The van der Waals surface area contributed by atoms with E-state index in [1.807, 2.05) is 23.6 Å². The molecule has 0 fully saturated rings. The minimum absolute atomic E-state index is 0.563. The highest BCUT2D eigenvalue weighted by Crippen LogP contribution is 2.32. The fraction of sp³-hybridized carbons (Fsp3) is 0. The highest BCUT2D eigenvalue weighted by atomic mass is 35.5. The van der Waals surface area contributed by atoms with Crippen LogP contribution < -0.4 is 0 Å². The van der Waals surface area contributed by atoms with Gasteiger partial charge in [-0.2, -0.15) is 0 Å². The van der Waals surface area contributed by atoms with E-state index >= 15 is 0 Å². The van der Waals surface area contributed by atoms with E-state index in [4.69, 9.17) is 27.6 Å². The Bertz CT molecular complexity index is 676. The summed E-state index contributed by atoms with van der Waals surface area (Å²) in [6, 6.07) is 9.23. The van der Waals surface area contributed by atoms with Crippen LogP contribution in [0.1, 0.15) is 0 Å². The fourth-order valence-corrected chi connectivity index (χ4v) is 2.77. The maximum Gasteiger partial charge on any atom is 0.236 e. The van der Waals surface area contributed by atoms with Gasteiger partial charge in [0.15, 0.2) is 0 Å². The number of rotatable bonds is 2. The van der Waals surface area contributed by atoms with Crippen molar-refractivity contribution in [3.63, 3.8) is 0 Å². The molecule has 2 nitrogen and oxygen atoms in total. The van der Waals surface area contributed by atoms with Crippen LogP contribution in [0, 0.1) is 0 Å². The van der Waals surface area contributed by atoms with Crippen LogP contribution in [0.4, 0.5) is 0 Å². The van der Waals surface area contributed by atoms with Crippen molar-refractivity contribution in [1.82, 2.24) is 4.98 Å². The van der Waals surface area contributed by atoms with Crippen molar-refractivity contribution in [2.24, 2.45) is 0 Å². The lowest BCUT2D eigenvalue weighted by atomic mass is 10.2. The van der Waals surface area contributed by atoms with E-state index in [0.29, 0.717) is 21.6 Å². The Labute approximate surface area is 118 Å². The standard InChI is InChI=1S/C13H7Cl2NOS/c14-8-3-4-9(10(15)6-8)11-7-17-13(16-11)12-2-1-5-18-12/h1-7H. The van der Waals surface area contributed by atoms with Gasteiger partial charge in [-0.1, -0.05) is 29.3 Å². The number of hydrogen-bond donors (Lipinski definition) is 0. The largest absolute Gasteiger partial charge is 0.443 e. The molecule has 0 atom stereocenters. The predicted molar refractivity (Wildman–Crippen MR) is 75.3 cm³/mol. The number of thiophene rings is 1. The molecule has 0 saturated heterocycles. The summed E-state index contributed by atoms with van der Waals surface area (Å²) < 4.78 is 5.46. The van der Waals surface area contributed by atoms with Crippen LogP contribution in [0.5, 0.6) is 0 Å². The van der Waals surface area contributed by atoms with E-state index in [1.54, 1.807) is 29.7 Å². The van der Waals surface area contributed by atoms with Gasteiger partial charge < -0.3 is 4.42 Å². The van der Waals surface area contributed by atoms with Crippen molar-refractivity contribution >= 4 is 34.5 Å². The molecular weight excluding hydrogens is 289 g/mol. The van der Waals surface area contributed by atoms with Crippen molar-refractivity contribution in [3.8, 4) is 22.0 Å². The van der Waals surface area contributed by atoms with Gasteiger partial charge in [0.05, 0.1) is 9.90 Å². The average molecular weight is 296 g/mol. The summed E-state index contributed by atoms with van der Waals surface area (Å²) in [7, 11) is 0. The van der Waals surface area contributed by atoms with Gasteiger partial charge in [0, 0.05) is 10.6 Å². The summed E-state index contributed by atoms with van der Waals surface area (Å²) in [5.41, 5.74) is 1.52. The van der Waals surface area contributed by atoms with E-state index in [2.05, 4.69) is 4.98 Å². The molecule has 0 N–H and O–H groups in total. The van der Waals surface area contributed by atoms with Gasteiger partial charge in [0.2, 0.25) is 5.89 Å². The van der Waals surface area contributed by atoms with Crippen molar-refractivity contribution in [3.05, 3.63) is 52.0 Å². The molecule has 2 aromatic heterocycles. The monoisotopic (exact) mass is 295 g/mol. The topological polar surface area (TPSA) is 26.0 Å². The second-order valence-corrected chi connectivity index (χ2v) is 5.43. The van der Waals surface area contributed by atoms with Crippen LogP contribution in [0.15, 0.2) is 46.4 Å². The van der Waals surface area contributed by atoms with Crippen LogP contribution >= 0.6 is 34.5 Å². The number of nitrogens with zero attached hydrogens (tertiary/aromatic N) is 1. The van der Waals surface area contributed by atoms with Crippen LogP contribution in [-0.4, -0.2) is 4.98 Å². The molecule has 0 spiro atoms. The summed E-state index contributed by atoms with van der Waals surface area (Å²) in [4.78, 5) is 5.42. The van der Waals surface area contributed by atoms with Gasteiger partial charge in [-0.05, 0) is 29.6 Å². The molecule has 90 valence electrons. The van der Waals surface area contributed by atoms with Gasteiger partial charge in [0.1, 0.15) is 12.0 Å². The Morgan fingerprint density at radius 3 is 2.78 bits per heavy atom. The van der Waals surface area contributed by atoms with Crippen molar-refractivity contribution < 1.29 is 4.42 Å².